The predicted molar refractivity (Wildman–Crippen MR) is 73.4 cm³/mol. The number of rotatable bonds is 5. The molecule has 0 saturated heterocycles. The van der Waals surface area contributed by atoms with Crippen LogP contribution in [-0.2, 0) is 4.79 Å². The van der Waals surface area contributed by atoms with Crippen molar-refractivity contribution in [1.29, 1.82) is 0 Å². The van der Waals surface area contributed by atoms with Crippen LogP contribution < -0.4 is 0 Å². The Kier molecular flexibility index (Phi) is 4.70. The van der Waals surface area contributed by atoms with E-state index < -0.39 is 49.9 Å². The Morgan fingerprint density at radius 2 is 1.68 bits per heavy atom. The van der Waals surface area contributed by atoms with Gasteiger partial charge >= 0.3 is 0 Å². The van der Waals surface area contributed by atoms with E-state index in [2.05, 4.69) is 0 Å². The van der Waals surface area contributed by atoms with E-state index in [0.29, 0.717) is 6.07 Å². The molecule has 0 saturated carbocycles. The van der Waals surface area contributed by atoms with Crippen LogP contribution in [0.15, 0.2) is 18.2 Å². The van der Waals surface area contributed by atoms with Gasteiger partial charge in [-0.25, -0.2) is 4.39 Å². The highest BCUT2D eigenvalue weighted by Gasteiger charge is 2.38. The van der Waals surface area contributed by atoms with Gasteiger partial charge in [0.15, 0.2) is 5.78 Å². The number of ketones is 2. The van der Waals surface area contributed by atoms with Gasteiger partial charge < -0.3 is 0 Å². The Hall–Kier alpha value is -2.71. The lowest BCUT2D eigenvalue weighted by Gasteiger charge is -2.18. The van der Waals surface area contributed by atoms with E-state index >= 15 is 0 Å². The molecule has 1 aromatic rings. The molecule has 1 unspecified atom stereocenters. The fourth-order valence-corrected chi connectivity index (χ4v) is 1.63. The van der Waals surface area contributed by atoms with E-state index in [1.807, 2.05) is 0 Å². The second-order valence-corrected chi connectivity index (χ2v) is 5.56. The van der Waals surface area contributed by atoms with Gasteiger partial charge in [0.05, 0.1) is 9.85 Å². The lowest BCUT2D eigenvalue weighted by Crippen LogP contribution is -2.35. The van der Waals surface area contributed by atoms with Crippen molar-refractivity contribution in [3.63, 3.8) is 0 Å². The minimum Gasteiger partial charge on any atom is -0.295 e. The fourth-order valence-electron chi connectivity index (χ4n) is 1.63. The summed E-state index contributed by atoms with van der Waals surface area (Å²) in [6.07, 6.45) is -2.62. The van der Waals surface area contributed by atoms with Crippen LogP contribution in [0, 0.1) is 25.6 Å². The van der Waals surface area contributed by atoms with Gasteiger partial charge in [-0.3, -0.25) is 29.8 Å². The number of carbonyl (C=O) groups excluding carboxylic acids is 2. The van der Waals surface area contributed by atoms with Crippen LogP contribution >= 0.6 is 0 Å². The van der Waals surface area contributed by atoms with Crippen molar-refractivity contribution >= 4 is 22.9 Å². The lowest BCUT2D eigenvalue weighted by molar-refractivity contribution is -0.389. The van der Waals surface area contributed by atoms with Crippen molar-refractivity contribution in [3.05, 3.63) is 44.0 Å². The molecule has 0 aromatic heterocycles. The molecule has 0 aliphatic carbocycles. The van der Waals surface area contributed by atoms with E-state index in [0.717, 1.165) is 12.1 Å². The molecule has 1 rings (SSSR count). The number of nitro groups is 2. The molecule has 0 bridgehead atoms. The Bertz CT molecular complexity index is 665. The smallest absolute Gasteiger partial charge is 0.280 e. The van der Waals surface area contributed by atoms with Crippen LogP contribution in [0.4, 0.5) is 15.8 Å². The van der Waals surface area contributed by atoms with Crippen LogP contribution in [0.25, 0.3) is 0 Å². The van der Waals surface area contributed by atoms with Crippen LogP contribution in [0.3, 0.4) is 0 Å². The summed E-state index contributed by atoms with van der Waals surface area (Å²) < 4.78 is 14.1. The summed E-state index contributed by atoms with van der Waals surface area (Å²) in [6, 6.07) is 2.16. The van der Waals surface area contributed by atoms with E-state index in [-0.39, 0.29) is 0 Å². The molecule has 0 spiro atoms. The molecule has 1 atom stereocenters. The molecule has 9 heteroatoms. The molecule has 22 heavy (non-hydrogen) atoms. The van der Waals surface area contributed by atoms with Crippen molar-refractivity contribution in [3.8, 4) is 0 Å². The molecular weight excluding hydrogens is 299 g/mol. The van der Waals surface area contributed by atoms with Crippen molar-refractivity contribution in [2.75, 3.05) is 0 Å². The van der Waals surface area contributed by atoms with Gasteiger partial charge in [0.25, 0.3) is 11.4 Å². The highest BCUT2D eigenvalue weighted by atomic mass is 19.1. The van der Waals surface area contributed by atoms with Gasteiger partial charge in [-0.1, -0.05) is 20.8 Å². The SMILES string of the molecule is CC(C)(C)C(=O)C(F)C(=O)c1cc([N+](=O)[O-])ccc1[N+](=O)[O-]. The number of Topliss-reactive ketones (excluding diaryl/α,β-unsaturated/α-hetero) is 2. The summed E-state index contributed by atoms with van der Waals surface area (Å²) in [7, 11) is 0. The Morgan fingerprint density at radius 3 is 2.09 bits per heavy atom. The van der Waals surface area contributed by atoms with Gasteiger partial charge in [0.2, 0.25) is 12.0 Å². The third kappa shape index (κ3) is 3.48. The van der Waals surface area contributed by atoms with E-state index in [1.54, 1.807) is 0 Å². The zero-order valence-corrected chi connectivity index (χ0v) is 12.0. The van der Waals surface area contributed by atoms with Crippen LogP contribution in [0.2, 0.25) is 0 Å². The number of benzene rings is 1. The number of non-ortho nitro benzene ring substituents is 1. The first kappa shape index (κ1) is 17.3. The first-order valence-corrected chi connectivity index (χ1v) is 6.12. The molecule has 0 N–H and O–H groups in total. The molecule has 0 aliphatic heterocycles. The fraction of sp³-hybridized carbons (Fsp3) is 0.385. The number of halogens is 1. The zero-order chi connectivity index (χ0) is 17.2. The van der Waals surface area contributed by atoms with Crippen molar-refractivity contribution in [2.24, 2.45) is 5.41 Å². The number of nitrogens with zero attached hydrogens (tertiary/aromatic N) is 2. The number of hydrogen-bond donors (Lipinski definition) is 0. The quantitative estimate of drug-likeness (QED) is 0.356. The van der Waals surface area contributed by atoms with E-state index in [9.17, 15) is 34.2 Å². The Morgan fingerprint density at radius 1 is 1.14 bits per heavy atom. The second-order valence-electron chi connectivity index (χ2n) is 5.56. The normalized spacial score (nSPS) is 12.5. The summed E-state index contributed by atoms with van der Waals surface area (Å²) in [5.74, 6) is -2.52. The first-order chi connectivity index (χ1) is 9.96. The van der Waals surface area contributed by atoms with Gasteiger partial charge in [-0.05, 0) is 0 Å². The topological polar surface area (TPSA) is 120 Å². The average Bonchev–Trinajstić information content (AvgIpc) is 2.42. The molecule has 8 nitrogen and oxygen atoms in total. The van der Waals surface area contributed by atoms with E-state index in [1.165, 1.54) is 20.8 Å². The van der Waals surface area contributed by atoms with E-state index in [4.69, 9.17) is 0 Å². The Labute approximate surface area is 124 Å². The number of alkyl halides is 1. The molecule has 0 aliphatic rings. The Balaban J connectivity index is 3.37. The zero-order valence-electron chi connectivity index (χ0n) is 12.0. The largest absolute Gasteiger partial charge is 0.295 e. The maximum Gasteiger partial charge on any atom is 0.280 e. The highest BCUT2D eigenvalue weighted by Crippen LogP contribution is 2.28. The second kappa shape index (κ2) is 5.96. The molecule has 0 amide bonds. The number of hydrogen-bond acceptors (Lipinski definition) is 6. The summed E-state index contributed by atoms with van der Waals surface area (Å²) >= 11 is 0. The first-order valence-electron chi connectivity index (χ1n) is 6.12. The third-order valence-electron chi connectivity index (χ3n) is 2.85. The van der Waals surface area contributed by atoms with Gasteiger partial charge in [-0.15, -0.1) is 0 Å². The van der Waals surface area contributed by atoms with Crippen molar-refractivity contribution < 1.29 is 23.8 Å². The highest BCUT2D eigenvalue weighted by molar-refractivity contribution is 6.16. The summed E-state index contributed by atoms with van der Waals surface area (Å²) in [6.45, 7) is 4.16. The molecule has 0 heterocycles. The minimum atomic E-state index is -2.62. The molecular formula is C13H13FN2O6. The van der Waals surface area contributed by atoms with Gasteiger partial charge in [-0.2, -0.15) is 0 Å². The molecule has 0 radical (unpaired) electrons. The van der Waals surface area contributed by atoms with Crippen LogP contribution in [0.1, 0.15) is 31.1 Å². The number of carbonyl (C=O) groups is 2. The summed E-state index contributed by atoms with van der Waals surface area (Å²) in [5.41, 5.74) is -3.38. The maximum absolute atomic E-state index is 14.1. The average molecular weight is 312 g/mol. The molecule has 0 fully saturated rings. The minimum absolute atomic E-state index is 0.600. The van der Waals surface area contributed by atoms with Gasteiger partial charge in [0.1, 0.15) is 5.56 Å². The van der Waals surface area contributed by atoms with Gasteiger partial charge in [0, 0.05) is 23.6 Å². The summed E-state index contributed by atoms with van der Waals surface area (Å²) in [5, 5.41) is 21.6. The lowest BCUT2D eigenvalue weighted by atomic mass is 9.85. The molecule has 118 valence electrons. The van der Waals surface area contributed by atoms with Crippen LogP contribution in [0.5, 0.6) is 0 Å². The third-order valence-corrected chi connectivity index (χ3v) is 2.85. The maximum atomic E-state index is 14.1. The van der Waals surface area contributed by atoms with Crippen molar-refractivity contribution in [2.45, 2.75) is 26.9 Å². The molecule has 1 aromatic carbocycles. The monoisotopic (exact) mass is 312 g/mol. The number of nitro benzene ring substituents is 2. The summed E-state index contributed by atoms with van der Waals surface area (Å²) in [4.78, 5) is 43.5. The van der Waals surface area contributed by atoms with Crippen LogP contribution in [-0.4, -0.2) is 27.6 Å². The standard InChI is InChI=1S/C13H13FN2O6/c1-13(2,3)12(18)10(14)11(17)8-6-7(15(19)20)4-5-9(8)16(21)22/h4-6,10H,1-3H3. The van der Waals surface area contributed by atoms with Crippen molar-refractivity contribution in [1.82, 2.24) is 0 Å². The predicted octanol–water partition coefficient (Wildman–Crippen LogP) is 2.64.